The smallest absolute Gasteiger partial charge is 0.335 e. The first-order valence-electron chi connectivity index (χ1n) is 7.45. The highest BCUT2D eigenvalue weighted by Crippen LogP contribution is 2.19. The van der Waals surface area contributed by atoms with Gasteiger partial charge in [0.25, 0.3) is 0 Å². The first-order valence-corrected chi connectivity index (χ1v) is 7.45. The highest BCUT2D eigenvalue weighted by atomic mass is 16.4. The van der Waals surface area contributed by atoms with Crippen LogP contribution < -0.4 is 0 Å². The number of hydrogen-bond donors (Lipinski definition) is 1. The highest BCUT2D eigenvalue weighted by molar-refractivity contribution is 5.87. The molecule has 0 spiro atoms. The molecule has 0 aliphatic heterocycles. The summed E-state index contributed by atoms with van der Waals surface area (Å²) in [7, 11) is 0. The van der Waals surface area contributed by atoms with E-state index in [0.29, 0.717) is 12.1 Å². The van der Waals surface area contributed by atoms with E-state index in [1.54, 1.807) is 12.1 Å². The molecule has 0 radical (unpaired) electrons. The molecule has 3 aromatic rings. The van der Waals surface area contributed by atoms with Crippen LogP contribution in [-0.2, 0) is 13.0 Å². The summed E-state index contributed by atoms with van der Waals surface area (Å²) < 4.78 is 2.22. The fourth-order valence-electron chi connectivity index (χ4n) is 2.65. The van der Waals surface area contributed by atoms with Crippen molar-refractivity contribution in [1.82, 2.24) is 9.55 Å². The standard InChI is InChI=1S/C18H18N2O2/c1-2-5-17-19-15-6-3-4-7-16(15)20(17)12-13-8-10-14(11-9-13)18(21)22/h3-4,6-11H,2,5,12H2,1H3,(H,21,22). The van der Waals surface area contributed by atoms with Gasteiger partial charge in [0.2, 0.25) is 0 Å². The molecule has 4 heteroatoms. The third-order valence-corrected chi connectivity index (χ3v) is 3.75. The number of hydrogen-bond acceptors (Lipinski definition) is 2. The molecule has 0 atom stereocenters. The molecule has 3 rings (SSSR count). The molecule has 0 unspecified atom stereocenters. The molecular formula is C18H18N2O2. The Bertz CT molecular complexity index is 804. The molecule has 4 nitrogen and oxygen atoms in total. The lowest BCUT2D eigenvalue weighted by Crippen LogP contribution is -2.05. The van der Waals surface area contributed by atoms with Crippen molar-refractivity contribution in [2.45, 2.75) is 26.3 Å². The number of imidazole rings is 1. The lowest BCUT2D eigenvalue weighted by Gasteiger charge is -2.09. The van der Waals surface area contributed by atoms with Crippen LogP contribution >= 0.6 is 0 Å². The van der Waals surface area contributed by atoms with Crippen LogP contribution in [0.15, 0.2) is 48.5 Å². The molecule has 1 aromatic heterocycles. The Morgan fingerprint density at radius 3 is 2.55 bits per heavy atom. The normalized spacial score (nSPS) is 11.0. The van der Waals surface area contributed by atoms with Gasteiger partial charge in [0.1, 0.15) is 5.82 Å². The summed E-state index contributed by atoms with van der Waals surface area (Å²) >= 11 is 0. The summed E-state index contributed by atoms with van der Waals surface area (Å²) in [4.78, 5) is 15.6. The van der Waals surface area contributed by atoms with Crippen molar-refractivity contribution in [3.8, 4) is 0 Å². The summed E-state index contributed by atoms with van der Waals surface area (Å²) in [5.41, 5.74) is 3.51. The van der Waals surface area contributed by atoms with Crippen LogP contribution in [0.4, 0.5) is 0 Å². The largest absolute Gasteiger partial charge is 0.478 e. The predicted octanol–water partition coefficient (Wildman–Crippen LogP) is 3.74. The maximum absolute atomic E-state index is 10.9. The lowest BCUT2D eigenvalue weighted by atomic mass is 10.1. The molecule has 2 aromatic carbocycles. The molecule has 0 fully saturated rings. The van der Waals surface area contributed by atoms with E-state index in [0.717, 1.165) is 35.3 Å². The van der Waals surface area contributed by atoms with Gasteiger partial charge < -0.3 is 9.67 Å². The molecule has 0 amide bonds. The molecule has 22 heavy (non-hydrogen) atoms. The van der Waals surface area contributed by atoms with Crippen molar-refractivity contribution >= 4 is 17.0 Å². The number of rotatable bonds is 5. The van der Waals surface area contributed by atoms with Crippen LogP contribution in [0.25, 0.3) is 11.0 Å². The van der Waals surface area contributed by atoms with Gasteiger partial charge in [-0.15, -0.1) is 0 Å². The Morgan fingerprint density at radius 1 is 1.14 bits per heavy atom. The van der Waals surface area contributed by atoms with Crippen LogP contribution in [0.5, 0.6) is 0 Å². The summed E-state index contributed by atoms with van der Waals surface area (Å²) in [6.07, 6.45) is 1.98. The summed E-state index contributed by atoms with van der Waals surface area (Å²) in [5, 5.41) is 8.97. The zero-order chi connectivity index (χ0) is 15.5. The first-order chi connectivity index (χ1) is 10.7. The van der Waals surface area contributed by atoms with Crippen molar-refractivity contribution in [1.29, 1.82) is 0 Å². The number of aryl methyl sites for hydroxylation is 1. The number of carbonyl (C=O) groups is 1. The molecule has 0 saturated heterocycles. The fourth-order valence-corrected chi connectivity index (χ4v) is 2.65. The molecule has 0 bridgehead atoms. The average Bonchev–Trinajstić information content (AvgIpc) is 2.86. The maximum atomic E-state index is 10.9. The topological polar surface area (TPSA) is 55.1 Å². The first kappa shape index (κ1) is 14.3. The van der Waals surface area contributed by atoms with Gasteiger partial charge in [-0.2, -0.15) is 0 Å². The van der Waals surface area contributed by atoms with Crippen LogP contribution in [0.1, 0.15) is 35.1 Å². The van der Waals surface area contributed by atoms with Crippen molar-refractivity contribution < 1.29 is 9.90 Å². The Morgan fingerprint density at radius 2 is 1.86 bits per heavy atom. The minimum absolute atomic E-state index is 0.313. The van der Waals surface area contributed by atoms with Gasteiger partial charge in [-0.25, -0.2) is 9.78 Å². The van der Waals surface area contributed by atoms with Gasteiger partial charge in [-0.1, -0.05) is 31.2 Å². The predicted molar refractivity (Wildman–Crippen MR) is 86.2 cm³/mol. The second kappa shape index (κ2) is 6.02. The van der Waals surface area contributed by atoms with Crippen LogP contribution in [0.2, 0.25) is 0 Å². The van der Waals surface area contributed by atoms with Crippen molar-refractivity contribution in [2.75, 3.05) is 0 Å². The molecular weight excluding hydrogens is 276 g/mol. The number of benzene rings is 2. The molecule has 0 saturated carbocycles. The minimum Gasteiger partial charge on any atom is -0.478 e. The Labute approximate surface area is 129 Å². The van der Waals surface area contributed by atoms with E-state index in [1.807, 2.05) is 30.3 Å². The second-order valence-electron chi connectivity index (χ2n) is 5.35. The fraction of sp³-hybridized carbons (Fsp3) is 0.222. The second-order valence-corrected chi connectivity index (χ2v) is 5.35. The summed E-state index contributed by atoms with van der Waals surface area (Å²) in [6.45, 7) is 2.85. The van der Waals surface area contributed by atoms with E-state index < -0.39 is 5.97 Å². The van der Waals surface area contributed by atoms with Gasteiger partial charge in [0.15, 0.2) is 0 Å². The van der Waals surface area contributed by atoms with Crippen molar-refractivity contribution in [2.24, 2.45) is 0 Å². The van der Waals surface area contributed by atoms with Gasteiger partial charge in [0.05, 0.1) is 16.6 Å². The van der Waals surface area contributed by atoms with Gasteiger partial charge >= 0.3 is 5.97 Å². The summed E-state index contributed by atoms with van der Waals surface area (Å²) in [5.74, 6) is 0.178. The van der Waals surface area contributed by atoms with E-state index in [1.165, 1.54) is 0 Å². The van der Waals surface area contributed by atoms with Crippen molar-refractivity contribution in [3.63, 3.8) is 0 Å². The number of aromatic nitrogens is 2. The SMILES string of the molecule is CCCc1nc2ccccc2n1Cc1ccc(C(=O)O)cc1. The average molecular weight is 294 g/mol. The number of para-hydroxylation sites is 2. The molecule has 1 heterocycles. The van der Waals surface area contributed by atoms with Gasteiger partial charge in [0, 0.05) is 13.0 Å². The number of aromatic carboxylic acids is 1. The van der Waals surface area contributed by atoms with E-state index in [9.17, 15) is 4.79 Å². The van der Waals surface area contributed by atoms with Gasteiger partial charge in [-0.3, -0.25) is 0 Å². The highest BCUT2D eigenvalue weighted by Gasteiger charge is 2.10. The number of carboxylic acids is 1. The number of carboxylic acid groups (broad SMARTS) is 1. The van der Waals surface area contributed by atoms with Crippen LogP contribution in [-0.4, -0.2) is 20.6 Å². The van der Waals surface area contributed by atoms with Crippen LogP contribution in [0.3, 0.4) is 0 Å². The maximum Gasteiger partial charge on any atom is 0.335 e. The quantitative estimate of drug-likeness (QED) is 0.780. The molecule has 1 N–H and O–H groups in total. The Kier molecular flexibility index (Phi) is 3.92. The monoisotopic (exact) mass is 294 g/mol. The zero-order valence-corrected chi connectivity index (χ0v) is 12.5. The number of fused-ring (bicyclic) bond motifs is 1. The van der Waals surface area contributed by atoms with E-state index in [-0.39, 0.29) is 0 Å². The van der Waals surface area contributed by atoms with Gasteiger partial charge in [-0.05, 0) is 36.2 Å². The third kappa shape index (κ3) is 2.72. The Hall–Kier alpha value is -2.62. The molecule has 0 aliphatic rings. The van der Waals surface area contributed by atoms with Crippen LogP contribution in [0, 0.1) is 0 Å². The Balaban J connectivity index is 1.98. The third-order valence-electron chi connectivity index (χ3n) is 3.75. The minimum atomic E-state index is -0.897. The van der Waals surface area contributed by atoms with E-state index in [2.05, 4.69) is 17.6 Å². The lowest BCUT2D eigenvalue weighted by molar-refractivity contribution is 0.0697. The molecule has 112 valence electrons. The zero-order valence-electron chi connectivity index (χ0n) is 12.5. The summed E-state index contributed by atoms with van der Waals surface area (Å²) in [6, 6.07) is 15.2. The van der Waals surface area contributed by atoms with E-state index in [4.69, 9.17) is 10.1 Å². The van der Waals surface area contributed by atoms with E-state index >= 15 is 0 Å². The van der Waals surface area contributed by atoms with Crippen molar-refractivity contribution in [3.05, 3.63) is 65.5 Å². The molecule has 0 aliphatic carbocycles. The number of nitrogens with zero attached hydrogens (tertiary/aromatic N) is 2.